The summed E-state index contributed by atoms with van der Waals surface area (Å²) < 4.78 is 10.4. The Kier molecular flexibility index (Phi) is 1.81. The first-order valence-corrected chi connectivity index (χ1v) is 3.66. The van der Waals surface area contributed by atoms with Gasteiger partial charge in [-0.05, 0) is 20.8 Å². The van der Waals surface area contributed by atoms with E-state index in [2.05, 4.69) is 0 Å². The molecule has 1 rings (SSSR count). The number of hydrogen-bond acceptors (Lipinski definition) is 3. The van der Waals surface area contributed by atoms with Crippen LogP contribution in [0.4, 0.5) is 0 Å². The summed E-state index contributed by atoms with van der Waals surface area (Å²) in [5, 5.41) is 0. The van der Waals surface area contributed by atoms with Crippen LogP contribution in [-0.4, -0.2) is 30.7 Å². The van der Waals surface area contributed by atoms with Gasteiger partial charge in [-0.3, -0.25) is 4.79 Å². The van der Waals surface area contributed by atoms with Crippen LogP contribution in [-0.2, 0) is 14.3 Å². The number of carbonyl (C=O) groups excluding carboxylic acids is 1. The summed E-state index contributed by atoms with van der Waals surface area (Å²) in [5.74, 6) is 0.0214. The highest BCUT2D eigenvalue weighted by Crippen LogP contribution is 2.39. The van der Waals surface area contributed by atoms with Crippen LogP contribution in [0.15, 0.2) is 0 Å². The van der Waals surface area contributed by atoms with E-state index in [-0.39, 0.29) is 5.78 Å². The fourth-order valence-corrected chi connectivity index (χ4v) is 1.22. The van der Waals surface area contributed by atoms with Crippen LogP contribution in [0.25, 0.3) is 0 Å². The number of methoxy groups -OCH3 is 1. The van der Waals surface area contributed by atoms with Crippen LogP contribution in [0.5, 0.6) is 0 Å². The fraction of sp³-hybridized carbons (Fsp3) is 0.875. The second kappa shape index (κ2) is 2.29. The lowest BCUT2D eigenvalue weighted by molar-refractivity contribution is -0.282. The van der Waals surface area contributed by atoms with Gasteiger partial charge in [0, 0.05) is 7.11 Å². The topological polar surface area (TPSA) is 35.5 Å². The van der Waals surface area contributed by atoms with Gasteiger partial charge in [0.15, 0.2) is 11.4 Å². The van der Waals surface area contributed by atoms with E-state index in [1.807, 2.05) is 6.92 Å². The first-order chi connectivity index (χ1) is 4.96. The second-order valence-corrected chi connectivity index (χ2v) is 3.31. The molecule has 1 aliphatic rings. The lowest BCUT2D eigenvalue weighted by Gasteiger charge is -2.52. The SMILES string of the molecule is COC1(C)COC1(C)C(C)=O. The van der Waals surface area contributed by atoms with Crippen molar-refractivity contribution in [1.29, 1.82) is 0 Å². The number of hydrogen-bond donors (Lipinski definition) is 0. The maximum atomic E-state index is 11.1. The minimum absolute atomic E-state index is 0.0214. The zero-order chi connectivity index (χ0) is 8.70. The van der Waals surface area contributed by atoms with E-state index in [4.69, 9.17) is 9.47 Å². The normalized spacial score (nSPS) is 43.3. The van der Waals surface area contributed by atoms with Crippen molar-refractivity contribution < 1.29 is 14.3 Å². The summed E-state index contributed by atoms with van der Waals surface area (Å²) in [6.45, 7) is 5.68. The van der Waals surface area contributed by atoms with Crippen molar-refractivity contribution in [1.82, 2.24) is 0 Å². The molecule has 0 spiro atoms. The molecule has 64 valence electrons. The average molecular weight is 158 g/mol. The van der Waals surface area contributed by atoms with Crippen molar-refractivity contribution in [2.45, 2.75) is 32.0 Å². The van der Waals surface area contributed by atoms with E-state index in [9.17, 15) is 4.79 Å². The molecule has 0 amide bonds. The summed E-state index contributed by atoms with van der Waals surface area (Å²) >= 11 is 0. The van der Waals surface area contributed by atoms with Crippen molar-refractivity contribution in [3.8, 4) is 0 Å². The summed E-state index contributed by atoms with van der Waals surface area (Å²) in [5.41, 5.74) is -1.17. The van der Waals surface area contributed by atoms with Crippen LogP contribution in [0.1, 0.15) is 20.8 Å². The number of ether oxygens (including phenoxy) is 2. The third-order valence-corrected chi connectivity index (χ3v) is 2.77. The number of ketones is 1. The molecule has 0 saturated carbocycles. The number of carbonyl (C=O) groups is 1. The van der Waals surface area contributed by atoms with E-state index >= 15 is 0 Å². The minimum atomic E-state index is -0.734. The largest absolute Gasteiger partial charge is 0.373 e. The highest BCUT2D eigenvalue weighted by Gasteiger charge is 2.58. The summed E-state index contributed by atoms with van der Waals surface area (Å²) in [4.78, 5) is 11.1. The molecule has 1 fully saturated rings. The molecule has 0 aromatic carbocycles. The molecular formula is C8H14O3. The van der Waals surface area contributed by atoms with Crippen LogP contribution >= 0.6 is 0 Å². The third kappa shape index (κ3) is 0.914. The van der Waals surface area contributed by atoms with Gasteiger partial charge in [0.05, 0.1) is 6.61 Å². The Bertz CT molecular complexity index is 186. The molecule has 0 aromatic heterocycles. The highest BCUT2D eigenvalue weighted by atomic mass is 16.6. The molecule has 2 unspecified atom stereocenters. The van der Waals surface area contributed by atoms with Crippen molar-refractivity contribution >= 4 is 5.78 Å². The van der Waals surface area contributed by atoms with Gasteiger partial charge in [-0.25, -0.2) is 0 Å². The summed E-state index contributed by atoms with van der Waals surface area (Å²) in [6, 6.07) is 0. The smallest absolute Gasteiger partial charge is 0.164 e. The molecule has 1 saturated heterocycles. The van der Waals surface area contributed by atoms with Gasteiger partial charge >= 0.3 is 0 Å². The van der Waals surface area contributed by atoms with Gasteiger partial charge < -0.3 is 9.47 Å². The Hall–Kier alpha value is -0.410. The molecule has 0 radical (unpaired) electrons. The molecule has 1 heterocycles. The molecule has 1 aliphatic heterocycles. The first kappa shape index (κ1) is 8.68. The van der Waals surface area contributed by atoms with E-state index < -0.39 is 11.2 Å². The van der Waals surface area contributed by atoms with Crippen LogP contribution < -0.4 is 0 Å². The minimum Gasteiger partial charge on any atom is -0.373 e. The van der Waals surface area contributed by atoms with Gasteiger partial charge in [-0.1, -0.05) is 0 Å². The van der Waals surface area contributed by atoms with Crippen molar-refractivity contribution in [2.24, 2.45) is 0 Å². The highest BCUT2D eigenvalue weighted by molar-refractivity contribution is 5.87. The monoisotopic (exact) mass is 158 g/mol. The van der Waals surface area contributed by atoms with Crippen molar-refractivity contribution in [3.63, 3.8) is 0 Å². The van der Waals surface area contributed by atoms with Crippen LogP contribution in [0, 0.1) is 0 Å². The quantitative estimate of drug-likeness (QED) is 0.595. The lowest BCUT2D eigenvalue weighted by Crippen LogP contribution is -2.69. The predicted molar refractivity (Wildman–Crippen MR) is 40.5 cm³/mol. The summed E-state index contributed by atoms with van der Waals surface area (Å²) in [6.07, 6.45) is 0. The average Bonchev–Trinajstić information content (AvgIpc) is 1.99. The molecule has 0 N–H and O–H groups in total. The van der Waals surface area contributed by atoms with Crippen molar-refractivity contribution in [2.75, 3.05) is 13.7 Å². The predicted octanol–water partition coefficient (Wildman–Crippen LogP) is 0.769. The molecule has 3 nitrogen and oxygen atoms in total. The molecule has 2 atom stereocenters. The molecule has 3 heteroatoms. The Morgan fingerprint density at radius 3 is 2.18 bits per heavy atom. The van der Waals surface area contributed by atoms with Crippen LogP contribution in [0.3, 0.4) is 0 Å². The number of Topliss-reactive ketones (excluding diaryl/α,β-unsaturated/α-hetero) is 1. The Balaban J connectivity index is 2.82. The van der Waals surface area contributed by atoms with Gasteiger partial charge in [-0.2, -0.15) is 0 Å². The lowest BCUT2D eigenvalue weighted by atomic mass is 9.78. The third-order valence-electron chi connectivity index (χ3n) is 2.77. The van der Waals surface area contributed by atoms with Gasteiger partial charge in [0.25, 0.3) is 0 Å². The van der Waals surface area contributed by atoms with E-state index in [0.29, 0.717) is 6.61 Å². The molecule has 11 heavy (non-hydrogen) atoms. The fourth-order valence-electron chi connectivity index (χ4n) is 1.22. The van der Waals surface area contributed by atoms with Crippen LogP contribution in [0.2, 0.25) is 0 Å². The second-order valence-electron chi connectivity index (χ2n) is 3.31. The molecular weight excluding hydrogens is 144 g/mol. The molecule has 0 aliphatic carbocycles. The van der Waals surface area contributed by atoms with Gasteiger partial charge in [-0.15, -0.1) is 0 Å². The Morgan fingerprint density at radius 2 is 2.09 bits per heavy atom. The van der Waals surface area contributed by atoms with Gasteiger partial charge in [0.1, 0.15) is 5.60 Å². The zero-order valence-corrected chi connectivity index (χ0v) is 7.43. The Labute approximate surface area is 66.7 Å². The molecule has 0 bridgehead atoms. The van der Waals surface area contributed by atoms with Gasteiger partial charge in [0.2, 0.25) is 0 Å². The standard InChI is InChI=1S/C8H14O3/c1-6(9)8(3)7(2,10-4)5-11-8/h5H2,1-4H3. The zero-order valence-electron chi connectivity index (χ0n) is 7.43. The molecule has 0 aromatic rings. The number of rotatable bonds is 2. The maximum Gasteiger partial charge on any atom is 0.164 e. The van der Waals surface area contributed by atoms with Crippen molar-refractivity contribution in [3.05, 3.63) is 0 Å². The van der Waals surface area contributed by atoms with E-state index in [1.54, 1.807) is 14.0 Å². The Morgan fingerprint density at radius 1 is 1.55 bits per heavy atom. The van der Waals surface area contributed by atoms with E-state index in [1.165, 1.54) is 6.92 Å². The van der Waals surface area contributed by atoms with E-state index in [0.717, 1.165) is 0 Å². The first-order valence-electron chi connectivity index (χ1n) is 3.66. The summed E-state index contributed by atoms with van der Waals surface area (Å²) in [7, 11) is 1.60. The maximum absolute atomic E-state index is 11.1.